The number of rotatable bonds is 3. The molecule has 0 unspecified atom stereocenters. The minimum Gasteiger partial charge on any atom is -0.483 e. The molecule has 19 heavy (non-hydrogen) atoms. The first kappa shape index (κ1) is 12.3. The van der Waals surface area contributed by atoms with E-state index in [1.54, 1.807) is 11.6 Å². The minimum absolute atomic E-state index is 0.0164. The summed E-state index contributed by atoms with van der Waals surface area (Å²) >= 11 is 1.39. The Kier molecular flexibility index (Phi) is 3.31. The van der Waals surface area contributed by atoms with Crippen LogP contribution in [0.3, 0.4) is 0 Å². The first-order valence-corrected chi connectivity index (χ1v) is 7.01. The summed E-state index contributed by atoms with van der Waals surface area (Å²) in [6.07, 6.45) is 1.77. The summed E-state index contributed by atoms with van der Waals surface area (Å²) < 4.78 is 6.62. The number of benzene rings is 1. The zero-order valence-electron chi connectivity index (χ0n) is 10.2. The number of hydrogen-bond acceptors (Lipinski definition) is 6. The molecule has 2 heterocycles. The highest BCUT2D eigenvalue weighted by atomic mass is 32.1. The van der Waals surface area contributed by atoms with Crippen molar-refractivity contribution in [3.05, 3.63) is 27.8 Å². The summed E-state index contributed by atoms with van der Waals surface area (Å²) in [4.78, 5) is 14.9. The van der Waals surface area contributed by atoms with Crippen LogP contribution in [0.2, 0.25) is 0 Å². The van der Waals surface area contributed by atoms with E-state index in [1.165, 1.54) is 11.3 Å². The second kappa shape index (κ2) is 5.10. The Bertz CT molecular complexity index is 607. The number of fused-ring (bicyclic) bond motifs is 1. The van der Waals surface area contributed by atoms with E-state index >= 15 is 0 Å². The zero-order chi connectivity index (χ0) is 13.2. The molecule has 1 fully saturated rings. The second-order valence-corrected chi connectivity index (χ2v) is 5.32. The highest BCUT2D eigenvalue weighted by Crippen LogP contribution is 2.36. The predicted molar refractivity (Wildman–Crippen MR) is 72.8 cm³/mol. The molecule has 1 saturated heterocycles. The van der Waals surface area contributed by atoms with Crippen LogP contribution in [0.5, 0.6) is 5.75 Å². The minimum atomic E-state index is -0.404. The Morgan fingerprint density at radius 1 is 1.42 bits per heavy atom. The lowest BCUT2D eigenvalue weighted by molar-refractivity contribution is -0.384. The highest BCUT2D eigenvalue weighted by Gasteiger charge is 2.25. The van der Waals surface area contributed by atoms with E-state index in [1.807, 2.05) is 6.07 Å². The molecule has 100 valence electrons. The molecule has 3 rings (SSSR count). The Labute approximate surface area is 113 Å². The van der Waals surface area contributed by atoms with Crippen LogP contribution in [0.15, 0.2) is 17.6 Å². The molecule has 0 spiro atoms. The molecule has 0 saturated carbocycles. The van der Waals surface area contributed by atoms with E-state index in [-0.39, 0.29) is 11.8 Å². The summed E-state index contributed by atoms with van der Waals surface area (Å²) in [6.45, 7) is 1.77. The number of nitrogens with zero attached hydrogens (tertiary/aromatic N) is 2. The molecule has 1 N–H and O–H groups in total. The molecule has 6 nitrogen and oxygen atoms in total. The first-order chi connectivity index (χ1) is 9.25. The maximum absolute atomic E-state index is 11.3. The molecular formula is C12H13N3O3S. The Balaban J connectivity index is 1.97. The van der Waals surface area contributed by atoms with Gasteiger partial charge in [0.1, 0.15) is 6.10 Å². The van der Waals surface area contributed by atoms with E-state index in [2.05, 4.69) is 10.3 Å². The maximum Gasteiger partial charge on any atom is 0.337 e. The first-order valence-electron chi connectivity index (χ1n) is 6.13. The zero-order valence-corrected chi connectivity index (χ0v) is 11.0. The fourth-order valence-corrected chi connectivity index (χ4v) is 2.94. The van der Waals surface area contributed by atoms with Crippen LogP contribution < -0.4 is 10.1 Å². The molecule has 0 amide bonds. The normalized spacial score (nSPS) is 16.6. The molecule has 0 atom stereocenters. The molecular weight excluding hydrogens is 266 g/mol. The quantitative estimate of drug-likeness (QED) is 0.689. The molecule has 7 heteroatoms. The number of piperidine rings is 1. The lowest BCUT2D eigenvalue weighted by Gasteiger charge is -2.23. The average Bonchev–Trinajstić information content (AvgIpc) is 2.87. The third-order valence-electron chi connectivity index (χ3n) is 3.20. The van der Waals surface area contributed by atoms with Crippen molar-refractivity contribution in [3.8, 4) is 5.75 Å². The number of thiazole rings is 1. The van der Waals surface area contributed by atoms with Crippen molar-refractivity contribution in [2.75, 3.05) is 13.1 Å². The fraction of sp³-hybridized carbons (Fsp3) is 0.417. The van der Waals surface area contributed by atoms with Gasteiger partial charge in [-0.25, -0.2) is 4.98 Å². The van der Waals surface area contributed by atoms with E-state index < -0.39 is 4.92 Å². The smallest absolute Gasteiger partial charge is 0.337 e. The fourth-order valence-electron chi connectivity index (χ4n) is 2.26. The van der Waals surface area contributed by atoms with Gasteiger partial charge in [0.25, 0.3) is 0 Å². The lowest BCUT2D eigenvalue weighted by Crippen LogP contribution is -2.34. The molecule has 1 aliphatic rings. The monoisotopic (exact) mass is 279 g/mol. The van der Waals surface area contributed by atoms with Crippen molar-refractivity contribution in [1.82, 2.24) is 10.3 Å². The molecule has 1 aromatic heterocycles. The number of nitro groups is 1. The summed E-state index contributed by atoms with van der Waals surface area (Å²) in [7, 11) is 0. The molecule has 0 aliphatic carbocycles. The van der Waals surface area contributed by atoms with Gasteiger partial charge in [-0.05, 0) is 38.1 Å². The summed E-state index contributed by atoms with van der Waals surface area (Å²) in [6, 6.07) is 3.51. The molecule has 0 bridgehead atoms. The van der Waals surface area contributed by atoms with Gasteiger partial charge in [0.15, 0.2) is 11.3 Å². The van der Waals surface area contributed by atoms with Gasteiger partial charge >= 0.3 is 5.69 Å². The van der Waals surface area contributed by atoms with Crippen LogP contribution in [0, 0.1) is 10.1 Å². The molecule has 2 aromatic rings. The van der Waals surface area contributed by atoms with Crippen LogP contribution in [0.1, 0.15) is 12.8 Å². The van der Waals surface area contributed by atoms with Crippen molar-refractivity contribution in [3.63, 3.8) is 0 Å². The van der Waals surface area contributed by atoms with Crippen molar-refractivity contribution in [2.45, 2.75) is 18.9 Å². The van der Waals surface area contributed by atoms with E-state index in [0.717, 1.165) is 30.6 Å². The van der Waals surface area contributed by atoms with Crippen LogP contribution in [0.4, 0.5) is 5.69 Å². The average molecular weight is 279 g/mol. The topological polar surface area (TPSA) is 77.3 Å². The van der Waals surface area contributed by atoms with Crippen molar-refractivity contribution >= 4 is 27.2 Å². The molecule has 0 radical (unpaired) electrons. The number of hydrogen-bond donors (Lipinski definition) is 1. The lowest BCUT2D eigenvalue weighted by atomic mass is 10.1. The Morgan fingerprint density at radius 3 is 2.95 bits per heavy atom. The summed E-state index contributed by atoms with van der Waals surface area (Å²) in [5.74, 6) is 0.329. The van der Waals surface area contributed by atoms with Gasteiger partial charge in [-0.15, -0.1) is 11.3 Å². The van der Waals surface area contributed by atoms with Crippen LogP contribution in [-0.2, 0) is 0 Å². The van der Waals surface area contributed by atoms with Gasteiger partial charge in [-0.2, -0.15) is 0 Å². The van der Waals surface area contributed by atoms with E-state index in [0.29, 0.717) is 11.3 Å². The third-order valence-corrected chi connectivity index (χ3v) is 4.00. The van der Waals surface area contributed by atoms with Gasteiger partial charge in [0, 0.05) is 0 Å². The summed E-state index contributed by atoms with van der Waals surface area (Å²) in [5.41, 5.74) is 2.02. The van der Waals surface area contributed by atoms with Gasteiger partial charge < -0.3 is 10.1 Å². The number of ether oxygens (including phenoxy) is 1. The van der Waals surface area contributed by atoms with E-state index in [4.69, 9.17) is 4.74 Å². The number of nitro benzene ring substituents is 1. The SMILES string of the molecule is O=[N+]([O-])c1c(OC2CCNCC2)ccc2scnc12. The van der Waals surface area contributed by atoms with Crippen molar-refractivity contribution in [1.29, 1.82) is 0 Å². The van der Waals surface area contributed by atoms with Crippen LogP contribution in [-0.4, -0.2) is 29.1 Å². The number of aromatic nitrogens is 1. The Morgan fingerprint density at radius 2 is 2.21 bits per heavy atom. The van der Waals surface area contributed by atoms with E-state index in [9.17, 15) is 10.1 Å². The van der Waals surface area contributed by atoms with Crippen molar-refractivity contribution < 1.29 is 9.66 Å². The second-order valence-electron chi connectivity index (χ2n) is 4.44. The van der Waals surface area contributed by atoms with Gasteiger partial charge in [0.2, 0.25) is 0 Å². The van der Waals surface area contributed by atoms with Crippen molar-refractivity contribution in [2.24, 2.45) is 0 Å². The molecule has 1 aliphatic heterocycles. The highest BCUT2D eigenvalue weighted by molar-refractivity contribution is 7.16. The predicted octanol–water partition coefficient (Wildman–Crippen LogP) is 2.34. The summed E-state index contributed by atoms with van der Waals surface area (Å²) in [5, 5.41) is 14.5. The third kappa shape index (κ3) is 2.39. The van der Waals surface area contributed by atoms with Crippen LogP contribution >= 0.6 is 11.3 Å². The standard InChI is InChI=1S/C12H13N3O3S/c16-15(17)12-9(18-8-3-5-13-6-4-8)1-2-10-11(12)14-7-19-10/h1-2,7-8,13H,3-6H2. The van der Waals surface area contributed by atoms with Gasteiger partial charge in [-0.3, -0.25) is 10.1 Å². The van der Waals surface area contributed by atoms with Crippen LogP contribution in [0.25, 0.3) is 10.2 Å². The van der Waals surface area contributed by atoms with Gasteiger partial charge in [0.05, 0.1) is 15.1 Å². The molecule has 1 aromatic carbocycles. The largest absolute Gasteiger partial charge is 0.483 e. The number of nitrogens with one attached hydrogen (secondary N) is 1. The van der Waals surface area contributed by atoms with Gasteiger partial charge in [-0.1, -0.05) is 0 Å². The maximum atomic E-state index is 11.3. The Hall–Kier alpha value is -1.73.